The minimum absolute atomic E-state index is 0.468. The minimum atomic E-state index is -4.38. The van der Waals surface area contributed by atoms with Gasteiger partial charge in [0.05, 0.1) is 11.6 Å². The SMILES string of the molecule is N#Cc1ccc(C2NC=C(C(F)(F)F)N2)cc1. The molecule has 1 aliphatic rings. The van der Waals surface area contributed by atoms with E-state index in [2.05, 4.69) is 10.6 Å². The average Bonchev–Trinajstić information content (AvgIpc) is 2.78. The quantitative estimate of drug-likeness (QED) is 0.789. The Morgan fingerprint density at radius 3 is 2.29 bits per heavy atom. The average molecular weight is 239 g/mol. The van der Waals surface area contributed by atoms with Crippen molar-refractivity contribution in [3.8, 4) is 6.07 Å². The lowest BCUT2D eigenvalue weighted by molar-refractivity contribution is -0.0963. The molecule has 0 aliphatic carbocycles. The lowest BCUT2D eigenvalue weighted by Gasteiger charge is -2.15. The van der Waals surface area contributed by atoms with Crippen LogP contribution in [0.15, 0.2) is 36.2 Å². The highest BCUT2D eigenvalue weighted by Crippen LogP contribution is 2.28. The van der Waals surface area contributed by atoms with Crippen LogP contribution in [0.25, 0.3) is 0 Å². The van der Waals surface area contributed by atoms with E-state index in [0.717, 1.165) is 6.20 Å². The Morgan fingerprint density at radius 2 is 1.82 bits per heavy atom. The summed E-state index contributed by atoms with van der Waals surface area (Å²) in [5.41, 5.74) is 0.308. The van der Waals surface area contributed by atoms with Crippen LogP contribution in [0, 0.1) is 11.3 Å². The Hall–Kier alpha value is -2.16. The van der Waals surface area contributed by atoms with Gasteiger partial charge in [0.25, 0.3) is 0 Å². The normalized spacial score (nSPS) is 18.9. The van der Waals surface area contributed by atoms with Gasteiger partial charge in [-0.15, -0.1) is 0 Å². The maximum Gasteiger partial charge on any atom is 0.432 e. The second-order valence-corrected chi connectivity index (χ2v) is 3.53. The zero-order valence-electron chi connectivity index (χ0n) is 8.55. The van der Waals surface area contributed by atoms with E-state index >= 15 is 0 Å². The number of nitrogens with zero attached hydrogens (tertiary/aromatic N) is 1. The van der Waals surface area contributed by atoms with Crippen molar-refractivity contribution < 1.29 is 13.2 Å². The second-order valence-electron chi connectivity index (χ2n) is 3.53. The molecule has 1 aromatic rings. The van der Waals surface area contributed by atoms with Gasteiger partial charge < -0.3 is 10.6 Å². The zero-order chi connectivity index (χ0) is 12.5. The lowest BCUT2D eigenvalue weighted by Crippen LogP contribution is -2.27. The molecule has 3 nitrogen and oxygen atoms in total. The molecule has 6 heteroatoms. The summed E-state index contributed by atoms with van der Waals surface area (Å²) in [5, 5.41) is 13.5. The third kappa shape index (κ3) is 2.33. The number of halogens is 3. The van der Waals surface area contributed by atoms with Gasteiger partial charge in [0.1, 0.15) is 11.9 Å². The molecule has 0 spiro atoms. The first kappa shape index (κ1) is 11.3. The summed E-state index contributed by atoms with van der Waals surface area (Å²) < 4.78 is 37.1. The monoisotopic (exact) mass is 239 g/mol. The molecule has 2 N–H and O–H groups in total. The smallest absolute Gasteiger partial charge is 0.366 e. The fourth-order valence-corrected chi connectivity index (χ4v) is 1.50. The number of allylic oxidation sites excluding steroid dienone is 1. The van der Waals surface area contributed by atoms with Crippen LogP contribution in [0.5, 0.6) is 0 Å². The summed E-state index contributed by atoms with van der Waals surface area (Å²) in [5.74, 6) is 0. The molecule has 1 aromatic carbocycles. The summed E-state index contributed by atoms with van der Waals surface area (Å²) in [4.78, 5) is 0. The van der Waals surface area contributed by atoms with Gasteiger partial charge in [-0.2, -0.15) is 18.4 Å². The van der Waals surface area contributed by atoms with Crippen molar-refractivity contribution in [2.75, 3.05) is 0 Å². The van der Waals surface area contributed by atoms with E-state index in [9.17, 15) is 13.2 Å². The Labute approximate surface area is 95.5 Å². The van der Waals surface area contributed by atoms with Gasteiger partial charge in [-0.3, -0.25) is 0 Å². The van der Waals surface area contributed by atoms with Crippen molar-refractivity contribution in [3.05, 3.63) is 47.3 Å². The Bertz CT molecular complexity index is 482. The van der Waals surface area contributed by atoms with E-state index in [1.807, 2.05) is 6.07 Å². The molecule has 2 rings (SSSR count). The standard InChI is InChI=1S/C11H8F3N3/c12-11(13,14)9-6-16-10(17-9)8-3-1-7(5-15)2-4-8/h1-4,6,10,16-17H. The van der Waals surface area contributed by atoms with Crippen LogP contribution in [-0.4, -0.2) is 6.18 Å². The van der Waals surface area contributed by atoms with Crippen molar-refractivity contribution in [2.24, 2.45) is 0 Å². The Balaban J connectivity index is 2.10. The van der Waals surface area contributed by atoms with Gasteiger partial charge in [0.15, 0.2) is 0 Å². The first-order valence-corrected chi connectivity index (χ1v) is 4.81. The Kier molecular flexibility index (Phi) is 2.68. The van der Waals surface area contributed by atoms with Gasteiger partial charge in [0, 0.05) is 6.20 Å². The third-order valence-electron chi connectivity index (χ3n) is 2.37. The van der Waals surface area contributed by atoms with Crippen LogP contribution in [0.3, 0.4) is 0 Å². The van der Waals surface area contributed by atoms with Crippen molar-refractivity contribution in [1.29, 1.82) is 5.26 Å². The van der Waals surface area contributed by atoms with Gasteiger partial charge in [-0.1, -0.05) is 12.1 Å². The van der Waals surface area contributed by atoms with Crippen LogP contribution < -0.4 is 10.6 Å². The number of nitrogens with one attached hydrogen (secondary N) is 2. The summed E-state index contributed by atoms with van der Waals surface area (Å²) >= 11 is 0. The molecule has 0 saturated carbocycles. The van der Waals surface area contributed by atoms with E-state index in [1.165, 1.54) is 0 Å². The highest BCUT2D eigenvalue weighted by atomic mass is 19.4. The first-order chi connectivity index (χ1) is 8.00. The highest BCUT2D eigenvalue weighted by Gasteiger charge is 2.38. The molecule has 0 radical (unpaired) electrons. The largest absolute Gasteiger partial charge is 0.432 e. The molecule has 1 heterocycles. The summed E-state index contributed by atoms with van der Waals surface area (Å²) in [6, 6.07) is 8.28. The van der Waals surface area contributed by atoms with Crippen molar-refractivity contribution in [1.82, 2.24) is 10.6 Å². The van der Waals surface area contributed by atoms with Crippen LogP contribution in [0.2, 0.25) is 0 Å². The maximum atomic E-state index is 12.4. The fraction of sp³-hybridized carbons (Fsp3) is 0.182. The molecule has 0 amide bonds. The van der Waals surface area contributed by atoms with E-state index in [1.54, 1.807) is 24.3 Å². The molecule has 1 unspecified atom stereocenters. The van der Waals surface area contributed by atoms with Gasteiger partial charge in [-0.05, 0) is 17.7 Å². The number of hydrogen-bond donors (Lipinski definition) is 2. The number of alkyl halides is 3. The third-order valence-corrected chi connectivity index (χ3v) is 2.37. The van der Waals surface area contributed by atoms with Crippen molar-refractivity contribution in [2.45, 2.75) is 12.3 Å². The number of rotatable bonds is 1. The van der Waals surface area contributed by atoms with E-state index in [0.29, 0.717) is 11.1 Å². The molecular formula is C11H8F3N3. The molecular weight excluding hydrogens is 231 g/mol. The molecule has 17 heavy (non-hydrogen) atoms. The maximum absolute atomic E-state index is 12.4. The summed E-state index contributed by atoms with van der Waals surface area (Å²) in [6.07, 6.45) is -4.09. The van der Waals surface area contributed by atoms with Gasteiger partial charge in [0.2, 0.25) is 0 Å². The number of nitriles is 1. The molecule has 0 saturated heterocycles. The van der Waals surface area contributed by atoms with Crippen molar-refractivity contribution in [3.63, 3.8) is 0 Å². The Morgan fingerprint density at radius 1 is 1.18 bits per heavy atom. The predicted octanol–water partition coefficient (Wildman–Crippen LogP) is 2.15. The molecule has 1 atom stereocenters. The van der Waals surface area contributed by atoms with E-state index in [4.69, 9.17) is 5.26 Å². The van der Waals surface area contributed by atoms with E-state index < -0.39 is 18.0 Å². The fourth-order valence-electron chi connectivity index (χ4n) is 1.50. The van der Waals surface area contributed by atoms with Crippen LogP contribution in [0.4, 0.5) is 13.2 Å². The van der Waals surface area contributed by atoms with Crippen LogP contribution >= 0.6 is 0 Å². The van der Waals surface area contributed by atoms with Crippen LogP contribution in [-0.2, 0) is 0 Å². The van der Waals surface area contributed by atoms with Crippen LogP contribution in [0.1, 0.15) is 17.3 Å². The highest BCUT2D eigenvalue weighted by molar-refractivity contribution is 5.34. The molecule has 0 bridgehead atoms. The molecule has 0 aromatic heterocycles. The van der Waals surface area contributed by atoms with E-state index in [-0.39, 0.29) is 0 Å². The number of benzene rings is 1. The summed E-state index contributed by atoms with van der Waals surface area (Å²) in [6.45, 7) is 0. The molecule has 0 fully saturated rings. The number of hydrogen-bond acceptors (Lipinski definition) is 3. The molecule has 88 valence electrons. The van der Waals surface area contributed by atoms with Gasteiger partial charge in [-0.25, -0.2) is 0 Å². The van der Waals surface area contributed by atoms with Crippen molar-refractivity contribution >= 4 is 0 Å². The topological polar surface area (TPSA) is 47.9 Å². The van der Waals surface area contributed by atoms with Gasteiger partial charge >= 0.3 is 6.18 Å². The minimum Gasteiger partial charge on any atom is -0.366 e. The lowest BCUT2D eigenvalue weighted by atomic mass is 10.1. The second kappa shape index (κ2) is 4.01. The zero-order valence-corrected chi connectivity index (χ0v) is 8.55. The molecule has 1 aliphatic heterocycles. The summed E-state index contributed by atoms with van der Waals surface area (Å²) in [7, 11) is 0. The first-order valence-electron chi connectivity index (χ1n) is 4.81. The predicted molar refractivity (Wildman–Crippen MR) is 54.3 cm³/mol.